The van der Waals surface area contributed by atoms with Gasteiger partial charge in [-0.2, -0.15) is 0 Å². The molecule has 2 heteroatoms. The SMILES string of the molecule is CC(C)=CC(O)c1ccc(Br)c(C)c1. The van der Waals surface area contributed by atoms with Crippen LogP contribution in [0.5, 0.6) is 0 Å². The number of rotatable bonds is 2. The lowest BCUT2D eigenvalue weighted by atomic mass is 10.1. The van der Waals surface area contributed by atoms with Gasteiger partial charge < -0.3 is 5.11 Å². The first-order valence-electron chi connectivity index (χ1n) is 4.60. The summed E-state index contributed by atoms with van der Waals surface area (Å²) in [6, 6.07) is 5.89. The molecule has 0 aliphatic carbocycles. The predicted octanol–water partition coefficient (Wildman–Crippen LogP) is 3.76. The maximum Gasteiger partial charge on any atom is 0.0974 e. The molecular weight excluding hydrogens is 240 g/mol. The van der Waals surface area contributed by atoms with E-state index in [-0.39, 0.29) is 0 Å². The first-order chi connectivity index (χ1) is 6.50. The Hall–Kier alpha value is -0.600. The fourth-order valence-electron chi connectivity index (χ4n) is 1.26. The molecular formula is C12H15BrO. The second kappa shape index (κ2) is 4.76. The third-order valence-corrected chi connectivity index (χ3v) is 2.90. The molecule has 0 heterocycles. The van der Waals surface area contributed by atoms with Crippen LogP contribution in [0.15, 0.2) is 34.3 Å². The van der Waals surface area contributed by atoms with Crippen LogP contribution >= 0.6 is 15.9 Å². The van der Waals surface area contributed by atoms with Crippen LogP contribution in [0.2, 0.25) is 0 Å². The summed E-state index contributed by atoms with van der Waals surface area (Å²) in [5, 5.41) is 9.81. The molecule has 14 heavy (non-hydrogen) atoms. The molecule has 76 valence electrons. The van der Waals surface area contributed by atoms with Gasteiger partial charge in [0.15, 0.2) is 0 Å². The maximum atomic E-state index is 9.81. The molecule has 0 saturated heterocycles. The zero-order valence-electron chi connectivity index (χ0n) is 8.71. The van der Waals surface area contributed by atoms with Crippen molar-refractivity contribution in [2.75, 3.05) is 0 Å². The number of hydrogen-bond donors (Lipinski definition) is 1. The van der Waals surface area contributed by atoms with Crippen LogP contribution in [0.1, 0.15) is 31.1 Å². The van der Waals surface area contributed by atoms with E-state index in [9.17, 15) is 5.11 Å². The lowest BCUT2D eigenvalue weighted by Crippen LogP contribution is -1.94. The molecule has 0 aliphatic heterocycles. The van der Waals surface area contributed by atoms with Crippen molar-refractivity contribution in [1.82, 2.24) is 0 Å². The van der Waals surface area contributed by atoms with Crippen LogP contribution in [0, 0.1) is 6.92 Å². The summed E-state index contributed by atoms with van der Waals surface area (Å²) < 4.78 is 1.07. The van der Waals surface area contributed by atoms with Crippen LogP contribution in [-0.2, 0) is 0 Å². The van der Waals surface area contributed by atoms with Crippen LogP contribution in [0.25, 0.3) is 0 Å². The molecule has 1 unspecified atom stereocenters. The Bertz CT molecular complexity index is 351. The number of benzene rings is 1. The Kier molecular flexibility index (Phi) is 3.90. The molecule has 1 aromatic carbocycles. The van der Waals surface area contributed by atoms with E-state index in [4.69, 9.17) is 0 Å². The molecule has 1 nitrogen and oxygen atoms in total. The lowest BCUT2D eigenvalue weighted by Gasteiger charge is -2.08. The Morgan fingerprint density at radius 2 is 2.07 bits per heavy atom. The summed E-state index contributed by atoms with van der Waals surface area (Å²) in [6.45, 7) is 5.98. The fraction of sp³-hybridized carbons (Fsp3) is 0.333. The molecule has 0 bridgehead atoms. The molecule has 0 aromatic heterocycles. The van der Waals surface area contributed by atoms with Gasteiger partial charge in [-0.25, -0.2) is 0 Å². The van der Waals surface area contributed by atoms with Gasteiger partial charge >= 0.3 is 0 Å². The first kappa shape index (κ1) is 11.5. The molecule has 0 aliphatic rings. The van der Waals surface area contributed by atoms with Crippen LogP contribution in [0.4, 0.5) is 0 Å². The smallest absolute Gasteiger partial charge is 0.0974 e. The minimum atomic E-state index is -0.494. The summed E-state index contributed by atoms with van der Waals surface area (Å²) in [5.41, 5.74) is 3.20. The normalized spacial score (nSPS) is 12.4. The molecule has 1 N–H and O–H groups in total. The van der Waals surface area contributed by atoms with Gasteiger partial charge in [0.05, 0.1) is 6.10 Å². The summed E-state index contributed by atoms with van der Waals surface area (Å²) >= 11 is 3.43. The molecule has 0 amide bonds. The van der Waals surface area contributed by atoms with Gasteiger partial charge in [-0.1, -0.05) is 39.7 Å². The summed E-state index contributed by atoms with van der Waals surface area (Å²) in [7, 11) is 0. The number of halogens is 1. The highest BCUT2D eigenvalue weighted by Crippen LogP contribution is 2.22. The Balaban J connectivity index is 2.97. The minimum Gasteiger partial charge on any atom is -0.384 e. The van der Waals surface area contributed by atoms with E-state index in [0.29, 0.717) is 0 Å². The summed E-state index contributed by atoms with van der Waals surface area (Å²) in [4.78, 5) is 0. The third-order valence-electron chi connectivity index (χ3n) is 2.01. The molecule has 0 saturated carbocycles. The van der Waals surface area contributed by atoms with Crippen molar-refractivity contribution in [3.63, 3.8) is 0 Å². The van der Waals surface area contributed by atoms with E-state index in [1.54, 1.807) is 0 Å². The topological polar surface area (TPSA) is 20.2 Å². The molecule has 0 fully saturated rings. The third kappa shape index (κ3) is 2.96. The van der Waals surface area contributed by atoms with Crippen molar-refractivity contribution >= 4 is 15.9 Å². The highest BCUT2D eigenvalue weighted by atomic mass is 79.9. The second-order valence-corrected chi connectivity index (χ2v) is 4.55. The quantitative estimate of drug-likeness (QED) is 0.798. The summed E-state index contributed by atoms with van der Waals surface area (Å²) in [6.07, 6.45) is 1.36. The predicted molar refractivity (Wildman–Crippen MR) is 63.3 cm³/mol. The van der Waals surface area contributed by atoms with Gasteiger partial charge in [-0.3, -0.25) is 0 Å². The van der Waals surface area contributed by atoms with Crippen LogP contribution < -0.4 is 0 Å². The van der Waals surface area contributed by atoms with Crippen molar-refractivity contribution < 1.29 is 5.11 Å². The monoisotopic (exact) mass is 254 g/mol. The van der Waals surface area contributed by atoms with Gasteiger partial charge in [0, 0.05) is 4.47 Å². The van der Waals surface area contributed by atoms with Crippen molar-refractivity contribution in [3.8, 4) is 0 Å². The Labute approximate surface area is 93.6 Å². The zero-order valence-corrected chi connectivity index (χ0v) is 10.3. The summed E-state index contributed by atoms with van der Waals surface area (Å²) in [5.74, 6) is 0. The molecule has 1 rings (SSSR count). The van der Waals surface area contributed by atoms with Crippen molar-refractivity contribution in [1.29, 1.82) is 0 Å². The average molecular weight is 255 g/mol. The Morgan fingerprint density at radius 3 is 2.57 bits per heavy atom. The molecule has 1 aromatic rings. The number of hydrogen-bond acceptors (Lipinski definition) is 1. The van der Waals surface area contributed by atoms with E-state index < -0.39 is 6.10 Å². The standard InChI is InChI=1S/C12H15BrO/c1-8(2)6-12(14)10-4-5-11(13)9(3)7-10/h4-7,12,14H,1-3H3. The Morgan fingerprint density at radius 1 is 1.43 bits per heavy atom. The maximum absolute atomic E-state index is 9.81. The van der Waals surface area contributed by atoms with E-state index in [1.165, 1.54) is 0 Å². The van der Waals surface area contributed by atoms with Crippen molar-refractivity contribution in [2.45, 2.75) is 26.9 Å². The number of aryl methyl sites for hydroxylation is 1. The highest BCUT2D eigenvalue weighted by molar-refractivity contribution is 9.10. The van der Waals surface area contributed by atoms with Crippen molar-refractivity contribution in [2.24, 2.45) is 0 Å². The van der Waals surface area contributed by atoms with Crippen LogP contribution in [-0.4, -0.2) is 5.11 Å². The second-order valence-electron chi connectivity index (χ2n) is 3.70. The molecule has 0 spiro atoms. The van der Waals surface area contributed by atoms with Gasteiger partial charge in [-0.15, -0.1) is 0 Å². The highest BCUT2D eigenvalue weighted by Gasteiger charge is 2.05. The minimum absolute atomic E-state index is 0.494. The van der Waals surface area contributed by atoms with E-state index >= 15 is 0 Å². The number of allylic oxidation sites excluding steroid dienone is 1. The largest absolute Gasteiger partial charge is 0.384 e. The molecule has 0 radical (unpaired) electrons. The molecule has 1 atom stereocenters. The van der Waals surface area contributed by atoms with Gasteiger partial charge in [0.25, 0.3) is 0 Å². The van der Waals surface area contributed by atoms with E-state index in [0.717, 1.165) is 21.2 Å². The van der Waals surface area contributed by atoms with Crippen LogP contribution in [0.3, 0.4) is 0 Å². The van der Waals surface area contributed by atoms with E-state index in [2.05, 4.69) is 15.9 Å². The number of aliphatic hydroxyl groups excluding tert-OH is 1. The number of aliphatic hydroxyl groups is 1. The van der Waals surface area contributed by atoms with Gasteiger partial charge in [-0.05, 0) is 38.0 Å². The van der Waals surface area contributed by atoms with E-state index in [1.807, 2.05) is 45.0 Å². The fourth-order valence-corrected chi connectivity index (χ4v) is 1.51. The van der Waals surface area contributed by atoms with Crippen molar-refractivity contribution in [3.05, 3.63) is 45.4 Å². The zero-order chi connectivity index (χ0) is 10.7. The lowest BCUT2D eigenvalue weighted by molar-refractivity contribution is 0.227. The average Bonchev–Trinajstić information content (AvgIpc) is 2.08. The van der Waals surface area contributed by atoms with Gasteiger partial charge in [0.2, 0.25) is 0 Å². The first-order valence-corrected chi connectivity index (χ1v) is 5.39. The van der Waals surface area contributed by atoms with Gasteiger partial charge in [0.1, 0.15) is 0 Å².